The van der Waals surface area contributed by atoms with Gasteiger partial charge < -0.3 is 0 Å². The molecule has 0 aliphatic heterocycles. The monoisotopic (exact) mass is 375 g/mol. The van der Waals surface area contributed by atoms with Gasteiger partial charge in [-0.3, -0.25) is 14.9 Å². The van der Waals surface area contributed by atoms with E-state index in [1.54, 1.807) is 0 Å². The fourth-order valence-corrected chi connectivity index (χ4v) is 3.35. The second-order valence-corrected chi connectivity index (χ2v) is 6.95. The predicted molar refractivity (Wildman–Crippen MR) is 103 cm³/mol. The van der Waals surface area contributed by atoms with Crippen molar-refractivity contribution in [1.82, 2.24) is 9.97 Å². The number of aryl methyl sites for hydroxylation is 1. The summed E-state index contributed by atoms with van der Waals surface area (Å²) in [6.45, 7) is 2.02. The zero-order valence-corrected chi connectivity index (χ0v) is 15.3. The highest BCUT2D eigenvalue weighted by Crippen LogP contribution is 2.32. The number of ketones is 1. The molecule has 3 aromatic rings. The lowest BCUT2D eigenvalue weighted by molar-refractivity contribution is 0.0962. The first-order chi connectivity index (χ1) is 13.5. The number of nitrogens with one attached hydrogen (secondary N) is 1. The van der Waals surface area contributed by atoms with Crippen LogP contribution in [0.2, 0.25) is 0 Å². The topological polar surface area (TPSA) is 72.0 Å². The minimum Gasteiger partial charge on any atom is -0.294 e. The molecule has 0 bridgehead atoms. The zero-order valence-electron chi connectivity index (χ0n) is 15.3. The number of hydrogen-bond donors (Lipinski definition) is 1. The third-order valence-electron chi connectivity index (χ3n) is 4.92. The third-order valence-corrected chi connectivity index (χ3v) is 4.92. The summed E-state index contributed by atoms with van der Waals surface area (Å²) >= 11 is 0. The molecule has 1 aliphatic rings. The number of carbonyl (C=O) groups excluding carboxylic acids is 2. The highest BCUT2D eigenvalue weighted by molar-refractivity contribution is 6.03. The average molecular weight is 375 g/mol. The second kappa shape index (κ2) is 7.31. The SMILES string of the molecule is Cc1ccc([C@H]2CC(=O)c3cnc(NC(=O)c4ccc(F)cc4)nc3C2)cc1. The van der Waals surface area contributed by atoms with Crippen LogP contribution in [-0.2, 0) is 6.42 Å². The number of Topliss-reactive ketones (excluding diaryl/α,β-unsaturated/α-hetero) is 1. The summed E-state index contributed by atoms with van der Waals surface area (Å²) < 4.78 is 13.0. The number of nitrogens with zero attached hydrogens (tertiary/aromatic N) is 2. The van der Waals surface area contributed by atoms with Gasteiger partial charge in [0.2, 0.25) is 5.95 Å². The molecule has 0 radical (unpaired) electrons. The summed E-state index contributed by atoms with van der Waals surface area (Å²) in [4.78, 5) is 33.3. The molecule has 1 amide bonds. The number of fused-ring (bicyclic) bond motifs is 1. The van der Waals surface area contributed by atoms with Crippen LogP contribution < -0.4 is 5.32 Å². The first-order valence-corrected chi connectivity index (χ1v) is 9.02. The van der Waals surface area contributed by atoms with E-state index in [9.17, 15) is 14.0 Å². The van der Waals surface area contributed by atoms with E-state index in [-0.39, 0.29) is 17.6 Å². The van der Waals surface area contributed by atoms with Gasteiger partial charge in [-0.25, -0.2) is 14.4 Å². The van der Waals surface area contributed by atoms with Crippen molar-refractivity contribution in [2.45, 2.75) is 25.7 Å². The summed E-state index contributed by atoms with van der Waals surface area (Å²) in [5.41, 5.74) is 3.70. The van der Waals surface area contributed by atoms with Crippen molar-refractivity contribution in [2.75, 3.05) is 5.32 Å². The number of carbonyl (C=O) groups is 2. The fraction of sp³-hybridized carbons (Fsp3) is 0.182. The van der Waals surface area contributed by atoms with Gasteiger partial charge in [-0.1, -0.05) is 29.8 Å². The summed E-state index contributed by atoms with van der Waals surface area (Å²) in [5, 5.41) is 2.61. The van der Waals surface area contributed by atoms with E-state index in [1.165, 1.54) is 36.0 Å². The first-order valence-electron chi connectivity index (χ1n) is 9.02. The lowest BCUT2D eigenvalue weighted by Crippen LogP contribution is -2.22. The van der Waals surface area contributed by atoms with Crippen LogP contribution in [0, 0.1) is 12.7 Å². The molecule has 0 saturated heterocycles. The first kappa shape index (κ1) is 18.0. The maximum Gasteiger partial charge on any atom is 0.258 e. The summed E-state index contributed by atoms with van der Waals surface area (Å²) in [6, 6.07) is 13.3. The predicted octanol–water partition coefficient (Wildman–Crippen LogP) is 4.09. The molecule has 0 spiro atoms. The Kier molecular flexibility index (Phi) is 4.69. The Labute approximate surface area is 161 Å². The van der Waals surface area contributed by atoms with Crippen LogP contribution in [0.25, 0.3) is 0 Å². The molecule has 1 aliphatic carbocycles. The van der Waals surface area contributed by atoms with E-state index in [4.69, 9.17) is 0 Å². The minimum absolute atomic E-state index is 0.00300. The van der Waals surface area contributed by atoms with Gasteiger partial charge in [0, 0.05) is 18.2 Å². The zero-order chi connectivity index (χ0) is 19.7. The maximum atomic E-state index is 13.0. The van der Waals surface area contributed by atoms with Gasteiger partial charge in [0.05, 0.1) is 11.3 Å². The minimum atomic E-state index is -0.433. The van der Waals surface area contributed by atoms with E-state index in [0.717, 1.165) is 5.56 Å². The van der Waals surface area contributed by atoms with Gasteiger partial charge in [0.15, 0.2) is 5.78 Å². The van der Waals surface area contributed by atoms with E-state index in [0.29, 0.717) is 29.7 Å². The van der Waals surface area contributed by atoms with Crippen molar-refractivity contribution >= 4 is 17.6 Å². The van der Waals surface area contributed by atoms with E-state index < -0.39 is 11.7 Å². The number of aromatic nitrogens is 2. The standard InChI is InChI=1S/C22H18FN3O2/c1-13-2-4-14(5-3-13)16-10-19-18(20(27)11-16)12-24-22(25-19)26-21(28)15-6-8-17(23)9-7-15/h2-9,12,16H,10-11H2,1H3,(H,24,25,26,28)/t16-/m1/s1. The molecule has 140 valence electrons. The molecule has 1 N–H and O–H groups in total. The number of rotatable bonds is 3. The Morgan fingerprint density at radius 2 is 1.79 bits per heavy atom. The number of halogens is 1. The Balaban J connectivity index is 1.56. The van der Waals surface area contributed by atoms with E-state index in [1.807, 2.05) is 31.2 Å². The number of anilines is 1. The molecule has 0 saturated carbocycles. The Morgan fingerprint density at radius 1 is 1.07 bits per heavy atom. The molecular formula is C22H18FN3O2. The van der Waals surface area contributed by atoms with Gasteiger partial charge in [-0.2, -0.15) is 0 Å². The molecule has 0 fully saturated rings. The summed E-state index contributed by atoms with van der Waals surface area (Å²) in [5.74, 6) is -0.663. The Hall–Kier alpha value is -3.41. The maximum absolute atomic E-state index is 13.0. The van der Waals surface area contributed by atoms with Gasteiger partial charge in [-0.15, -0.1) is 0 Å². The molecule has 5 nitrogen and oxygen atoms in total. The lowest BCUT2D eigenvalue weighted by Gasteiger charge is -2.23. The molecule has 28 heavy (non-hydrogen) atoms. The second-order valence-electron chi connectivity index (χ2n) is 6.95. The van der Waals surface area contributed by atoms with Crippen molar-refractivity contribution in [1.29, 1.82) is 0 Å². The van der Waals surface area contributed by atoms with Crippen LogP contribution in [0.15, 0.2) is 54.7 Å². The average Bonchev–Trinajstić information content (AvgIpc) is 2.68. The Morgan fingerprint density at radius 3 is 2.50 bits per heavy atom. The molecule has 4 rings (SSSR count). The normalized spacial score (nSPS) is 15.8. The van der Waals surface area contributed by atoms with E-state index in [2.05, 4.69) is 15.3 Å². The summed E-state index contributed by atoms with van der Waals surface area (Å²) in [7, 11) is 0. The van der Waals surface area contributed by atoms with Crippen molar-refractivity contribution in [2.24, 2.45) is 0 Å². The van der Waals surface area contributed by atoms with Crippen LogP contribution >= 0.6 is 0 Å². The number of amides is 1. The van der Waals surface area contributed by atoms with Gasteiger partial charge >= 0.3 is 0 Å². The van der Waals surface area contributed by atoms with Crippen molar-refractivity contribution < 1.29 is 14.0 Å². The number of hydrogen-bond acceptors (Lipinski definition) is 4. The molecule has 1 aromatic heterocycles. The molecule has 2 aromatic carbocycles. The fourth-order valence-electron chi connectivity index (χ4n) is 3.35. The van der Waals surface area contributed by atoms with Crippen molar-refractivity contribution in [3.63, 3.8) is 0 Å². The highest BCUT2D eigenvalue weighted by Gasteiger charge is 2.28. The summed E-state index contributed by atoms with van der Waals surface area (Å²) in [6.07, 6.45) is 2.49. The highest BCUT2D eigenvalue weighted by atomic mass is 19.1. The van der Waals surface area contributed by atoms with Crippen LogP contribution in [0.5, 0.6) is 0 Å². The van der Waals surface area contributed by atoms with Gasteiger partial charge in [0.25, 0.3) is 5.91 Å². The molecule has 1 heterocycles. The van der Waals surface area contributed by atoms with E-state index >= 15 is 0 Å². The number of benzene rings is 2. The lowest BCUT2D eigenvalue weighted by atomic mass is 9.82. The van der Waals surface area contributed by atoms with Crippen molar-refractivity contribution in [3.05, 3.63) is 88.5 Å². The van der Waals surface area contributed by atoms with Crippen molar-refractivity contribution in [3.8, 4) is 0 Å². The molecule has 6 heteroatoms. The largest absolute Gasteiger partial charge is 0.294 e. The third kappa shape index (κ3) is 3.67. The van der Waals surface area contributed by atoms with Crippen LogP contribution in [-0.4, -0.2) is 21.7 Å². The van der Waals surface area contributed by atoms with Crippen LogP contribution in [0.3, 0.4) is 0 Å². The van der Waals surface area contributed by atoms with Gasteiger partial charge in [-0.05, 0) is 49.1 Å². The molecule has 1 atom stereocenters. The smallest absolute Gasteiger partial charge is 0.258 e. The molecular weight excluding hydrogens is 357 g/mol. The quantitative estimate of drug-likeness (QED) is 0.748. The van der Waals surface area contributed by atoms with Crippen LogP contribution in [0.1, 0.15) is 49.9 Å². The van der Waals surface area contributed by atoms with Crippen LogP contribution in [0.4, 0.5) is 10.3 Å². The molecule has 0 unspecified atom stereocenters. The van der Waals surface area contributed by atoms with Gasteiger partial charge in [0.1, 0.15) is 5.82 Å². The Bertz CT molecular complexity index is 1050.